The van der Waals surface area contributed by atoms with Crippen LogP contribution in [-0.4, -0.2) is 21.9 Å². The van der Waals surface area contributed by atoms with Gasteiger partial charge in [-0.3, -0.25) is 20.2 Å². The number of nitrogens with zero attached hydrogens (tertiary/aromatic N) is 2. The fourth-order valence-corrected chi connectivity index (χ4v) is 3.39. The Kier molecular flexibility index (Phi) is 3.51. The highest BCUT2D eigenvalue weighted by Crippen LogP contribution is 2.48. The van der Waals surface area contributed by atoms with Crippen LogP contribution in [0.1, 0.15) is 36.0 Å². The molecule has 0 N–H and O–H groups in total. The molecule has 0 saturated heterocycles. The Morgan fingerprint density at radius 2 is 1.73 bits per heavy atom. The van der Waals surface area contributed by atoms with Gasteiger partial charge in [-0.1, -0.05) is 6.42 Å². The van der Waals surface area contributed by atoms with E-state index in [2.05, 4.69) is 0 Å². The largest absolute Gasteiger partial charge is 0.458 e. The van der Waals surface area contributed by atoms with E-state index in [9.17, 15) is 25.0 Å². The molecule has 8 nitrogen and oxygen atoms in total. The Balaban J connectivity index is 1.79. The fourth-order valence-electron chi connectivity index (χ4n) is 3.39. The van der Waals surface area contributed by atoms with Gasteiger partial charge in [0.05, 0.1) is 21.5 Å². The predicted molar refractivity (Wildman–Crippen MR) is 74.4 cm³/mol. The number of carbonyl (C=O) groups excluding carboxylic acids is 1. The number of benzene rings is 1. The van der Waals surface area contributed by atoms with E-state index >= 15 is 0 Å². The second-order valence-electron chi connectivity index (χ2n) is 5.79. The van der Waals surface area contributed by atoms with Crippen LogP contribution in [0.4, 0.5) is 11.4 Å². The molecular formula is C14H14N2O6. The van der Waals surface area contributed by atoms with Gasteiger partial charge in [0.1, 0.15) is 6.10 Å². The minimum Gasteiger partial charge on any atom is -0.458 e. The molecule has 3 rings (SSSR count). The second kappa shape index (κ2) is 5.36. The molecule has 2 fully saturated rings. The summed E-state index contributed by atoms with van der Waals surface area (Å²) in [4.78, 5) is 32.2. The molecule has 0 heterocycles. The summed E-state index contributed by atoms with van der Waals surface area (Å²) in [6.45, 7) is 0. The van der Waals surface area contributed by atoms with E-state index in [0.29, 0.717) is 11.8 Å². The Morgan fingerprint density at radius 3 is 2.27 bits per heavy atom. The first-order valence-corrected chi connectivity index (χ1v) is 7.10. The lowest BCUT2D eigenvalue weighted by Crippen LogP contribution is -2.41. The second-order valence-corrected chi connectivity index (χ2v) is 5.79. The van der Waals surface area contributed by atoms with Crippen LogP contribution in [-0.2, 0) is 4.74 Å². The Bertz CT molecular complexity index is 626. The smallest absolute Gasteiger partial charge is 0.338 e. The molecule has 0 bridgehead atoms. The molecule has 2 aliphatic rings. The van der Waals surface area contributed by atoms with Crippen LogP contribution in [0.5, 0.6) is 0 Å². The Morgan fingerprint density at radius 1 is 1.09 bits per heavy atom. The first-order valence-electron chi connectivity index (χ1n) is 7.10. The lowest BCUT2D eigenvalue weighted by molar-refractivity contribution is -0.394. The third-order valence-electron chi connectivity index (χ3n) is 4.55. The first kappa shape index (κ1) is 14.4. The van der Waals surface area contributed by atoms with E-state index in [-0.39, 0.29) is 11.7 Å². The monoisotopic (exact) mass is 306 g/mol. The topological polar surface area (TPSA) is 113 Å². The molecule has 2 saturated carbocycles. The van der Waals surface area contributed by atoms with Gasteiger partial charge in [0, 0.05) is 12.1 Å². The number of carbonyl (C=O) groups is 1. The summed E-state index contributed by atoms with van der Waals surface area (Å²) in [5, 5.41) is 21.6. The van der Waals surface area contributed by atoms with E-state index in [1.165, 1.54) is 0 Å². The highest BCUT2D eigenvalue weighted by Gasteiger charge is 2.46. The molecule has 0 spiro atoms. The van der Waals surface area contributed by atoms with Gasteiger partial charge in [0.25, 0.3) is 11.4 Å². The van der Waals surface area contributed by atoms with Gasteiger partial charge < -0.3 is 4.74 Å². The molecule has 0 aromatic heterocycles. The van der Waals surface area contributed by atoms with Crippen molar-refractivity contribution in [2.45, 2.75) is 31.8 Å². The normalized spacial score (nSPS) is 25.9. The molecule has 3 atom stereocenters. The van der Waals surface area contributed by atoms with Gasteiger partial charge in [-0.25, -0.2) is 4.79 Å². The number of hydrogen-bond acceptors (Lipinski definition) is 6. The van der Waals surface area contributed by atoms with E-state index in [1.807, 2.05) is 0 Å². The van der Waals surface area contributed by atoms with E-state index in [1.54, 1.807) is 0 Å². The highest BCUT2D eigenvalue weighted by atomic mass is 16.6. The fraction of sp³-hybridized carbons (Fsp3) is 0.500. The molecule has 1 aromatic carbocycles. The summed E-state index contributed by atoms with van der Waals surface area (Å²) in [5.41, 5.74) is -1.13. The van der Waals surface area contributed by atoms with Crippen molar-refractivity contribution in [2.75, 3.05) is 0 Å². The average molecular weight is 306 g/mol. The number of fused-ring (bicyclic) bond motifs is 1. The predicted octanol–water partition coefficient (Wildman–Crippen LogP) is 2.85. The number of hydrogen-bond donors (Lipinski definition) is 0. The minimum atomic E-state index is -0.764. The Hall–Kier alpha value is -2.51. The van der Waals surface area contributed by atoms with Crippen molar-refractivity contribution in [1.29, 1.82) is 0 Å². The van der Waals surface area contributed by atoms with Crippen molar-refractivity contribution >= 4 is 17.3 Å². The van der Waals surface area contributed by atoms with Gasteiger partial charge in [-0.2, -0.15) is 0 Å². The molecule has 3 unspecified atom stereocenters. The number of esters is 1. The molecular weight excluding hydrogens is 292 g/mol. The molecule has 0 radical (unpaired) electrons. The van der Waals surface area contributed by atoms with Gasteiger partial charge in [0.15, 0.2) is 0 Å². The van der Waals surface area contributed by atoms with Crippen LogP contribution in [0, 0.1) is 32.1 Å². The third-order valence-corrected chi connectivity index (χ3v) is 4.55. The summed E-state index contributed by atoms with van der Waals surface area (Å²) in [6.07, 6.45) is 3.95. The van der Waals surface area contributed by atoms with E-state index in [0.717, 1.165) is 43.9 Å². The van der Waals surface area contributed by atoms with Gasteiger partial charge in [-0.05, 0) is 31.1 Å². The zero-order valence-corrected chi connectivity index (χ0v) is 11.6. The summed E-state index contributed by atoms with van der Waals surface area (Å²) in [7, 11) is 0. The molecule has 2 aliphatic carbocycles. The van der Waals surface area contributed by atoms with Crippen molar-refractivity contribution in [3.63, 3.8) is 0 Å². The van der Waals surface area contributed by atoms with Gasteiger partial charge >= 0.3 is 5.97 Å². The maximum atomic E-state index is 12.1. The number of nitro groups is 2. The van der Waals surface area contributed by atoms with Crippen molar-refractivity contribution in [3.05, 3.63) is 44.0 Å². The van der Waals surface area contributed by atoms with Crippen LogP contribution < -0.4 is 0 Å². The quantitative estimate of drug-likeness (QED) is 0.480. The zero-order valence-electron chi connectivity index (χ0n) is 11.6. The molecule has 8 heteroatoms. The number of ether oxygens (including phenoxy) is 1. The van der Waals surface area contributed by atoms with E-state index < -0.39 is 27.2 Å². The molecule has 22 heavy (non-hydrogen) atoms. The summed E-state index contributed by atoms with van der Waals surface area (Å²) < 4.78 is 5.37. The number of nitro benzene ring substituents is 2. The third kappa shape index (κ3) is 2.51. The lowest BCUT2D eigenvalue weighted by Gasteiger charge is -2.39. The van der Waals surface area contributed by atoms with Crippen LogP contribution in [0.3, 0.4) is 0 Å². The lowest BCUT2D eigenvalue weighted by atomic mass is 9.73. The van der Waals surface area contributed by atoms with Crippen LogP contribution >= 0.6 is 0 Å². The van der Waals surface area contributed by atoms with Crippen molar-refractivity contribution in [2.24, 2.45) is 11.8 Å². The Labute approximate surface area is 125 Å². The SMILES string of the molecule is O=C(OC1CC2CCCC21)c1cc([N+](=O)[O-])cc([N+](=O)[O-])c1. The van der Waals surface area contributed by atoms with Crippen molar-refractivity contribution in [3.8, 4) is 0 Å². The summed E-state index contributed by atoms with van der Waals surface area (Å²) >= 11 is 0. The highest BCUT2D eigenvalue weighted by molar-refractivity contribution is 5.91. The van der Waals surface area contributed by atoms with Crippen LogP contribution in [0.25, 0.3) is 0 Å². The summed E-state index contributed by atoms with van der Waals surface area (Å²) in [6, 6.07) is 2.85. The zero-order chi connectivity index (χ0) is 15.9. The maximum absolute atomic E-state index is 12.1. The standard InChI is InChI=1S/C14H14N2O6/c17-14(22-13-6-8-2-1-3-12(8)13)9-4-10(15(18)19)7-11(5-9)16(20)21/h4-5,7-8,12-13H,1-3,6H2. The number of rotatable bonds is 4. The molecule has 1 aromatic rings. The first-order chi connectivity index (χ1) is 10.5. The van der Waals surface area contributed by atoms with Gasteiger partial charge in [0.2, 0.25) is 0 Å². The molecule has 116 valence electrons. The average Bonchev–Trinajstić information content (AvgIpc) is 2.85. The van der Waals surface area contributed by atoms with Crippen molar-refractivity contribution < 1.29 is 19.4 Å². The number of non-ortho nitro benzene ring substituents is 2. The van der Waals surface area contributed by atoms with Crippen LogP contribution in [0.2, 0.25) is 0 Å². The maximum Gasteiger partial charge on any atom is 0.338 e. The molecule has 0 amide bonds. The summed E-state index contributed by atoms with van der Waals surface area (Å²) in [5.74, 6) is 0.247. The minimum absolute atomic E-state index is 0.151. The van der Waals surface area contributed by atoms with Crippen molar-refractivity contribution in [1.82, 2.24) is 0 Å². The molecule has 0 aliphatic heterocycles. The van der Waals surface area contributed by atoms with Gasteiger partial charge in [-0.15, -0.1) is 0 Å². The van der Waals surface area contributed by atoms with Crippen LogP contribution in [0.15, 0.2) is 18.2 Å². The van der Waals surface area contributed by atoms with E-state index in [4.69, 9.17) is 4.74 Å².